The van der Waals surface area contributed by atoms with Crippen LogP contribution in [-0.4, -0.2) is 13.0 Å². The molecule has 0 saturated heterocycles. The Labute approximate surface area is 113 Å². The number of methoxy groups -OCH3 is 1. The van der Waals surface area contributed by atoms with E-state index in [9.17, 15) is 4.79 Å². The van der Waals surface area contributed by atoms with Gasteiger partial charge in [-0.05, 0) is 43.4 Å². The molecular formula is C15H18N2O2. The van der Waals surface area contributed by atoms with Crippen LogP contribution >= 0.6 is 0 Å². The van der Waals surface area contributed by atoms with E-state index in [1.807, 2.05) is 26.0 Å². The topological polar surface area (TPSA) is 62.1 Å². The van der Waals surface area contributed by atoms with Crippen LogP contribution in [0.3, 0.4) is 0 Å². The van der Waals surface area contributed by atoms with Crippen molar-refractivity contribution in [2.45, 2.75) is 33.2 Å². The molecule has 0 unspecified atom stereocenters. The highest BCUT2D eigenvalue weighted by molar-refractivity contribution is 5.88. The first-order valence-electron chi connectivity index (χ1n) is 6.36. The molecule has 0 heterocycles. The van der Waals surface area contributed by atoms with E-state index in [1.54, 1.807) is 7.11 Å². The molecular weight excluding hydrogens is 240 g/mol. The first-order valence-corrected chi connectivity index (χ1v) is 6.36. The summed E-state index contributed by atoms with van der Waals surface area (Å²) in [5, 5.41) is 11.8. The second kappa shape index (κ2) is 4.93. The lowest BCUT2D eigenvalue weighted by molar-refractivity contribution is -0.124. The normalized spacial score (nSPS) is 15.5. The number of carbonyl (C=O) groups is 1. The Morgan fingerprint density at radius 1 is 1.42 bits per heavy atom. The minimum Gasteiger partial charge on any atom is -0.496 e. The Kier molecular flexibility index (Phi) is 3.48. The smallest absolute Gasteiger partial charge is 0.240 e. The third-order valence-corrected chi connectivity index (χ3v) is 3.58. The highest BCUT2D eigenvalue weighted by atomic mass is 16.5. The van der Waals surface area contributed by atoms with Crippen molar-refractivity contribution in [2.24, 2.45) is 5.41 Å². The van der Waals surface area contributed by atoms with Gasteiger partial charge in [0.15, 0.2) is 0 Å². The zero-order valence-corrected chi connectivity index (χ0v) is 11.5. The maximum Gasteiger partial charge on any atom is 0.240 e. The second-order valence-electron chi connectivity index (χ2n) is 5.14. The van der Waals surface area contributed by atoms with Crippen LogP contribution < -0.4 is 10.1 Å². The van der Waals surface area contributed by atoms with Crippen LogP contribution in [0.5, 0.6) is 5.75 Å². The maximum atomic E-state index is 11.9. The van der Waals surface area contributed by atoms with Crippen LogP contribution in [0.25, 0.3) is 0 Å². The van der Waals surface area contributed by atoms with Crippen LogP contribution in [0, 0.1) is 30.6 Å². The van der Waals surface area contributed by atoms with Gasteiger partial charge < -0.3 is 10.1 Å². The zero-order chi connectivity index (χ0) is 14.0. The van der Waals surface area contributed by atoms with Gasteiger partial charge in [0, 0.05) is 6.54 Å². The number of benzene rings is 1. The minimum absolute atomic E-state index is 0.152. The van der Waals surface area contributed by atoms with Crippen molar-refractivity contribution in [3.8, 4) is 11.8 Å². The van der Waals surface area contributed by atoms with Crippen molar-refractivity contribution >= 4 is 5.91 Å². The highest BCUT2D eigenvalue weighted by Gasteiger charge is 2.50. The lowest BCUT2D eigenvalue weighted by Gasteiger charge is -2.13. The van der Waals surface area contributed by atoms with Gasteiger partial charge in [0.1, 0.15) is 11.2 Å². The summed E-state index contributed by atoms with van der Waals surface area (Å²) < 4.78 is 5.31. The standard InChI is InChI=1S/C15H18N2O2/c1-10-6-12(7-11(2)13(10)19-3)8-17-14(18)15(9-16)4-5-15/h6-7H,4-5,8H2,1-3H3,(H,17,18). The van der Waals surface area contributed by atoms with Crippen molar-refractivity contribution in [1.29, 1.82) is 5.26 Å². The Morgan fingerprint density at radius 3 is 2.42 bits per heavy atom. The lowest BCUT2D eigenvalue weighted by Crippen LogP contribution is -2.30. The molecule has 0 bridgehead atoms. The molecule has 1 N–H and O–H groups in total. The van der Waals surface area contributed by atoms with Crippen molar-refractivity contribution in [3.63, 3.8) is 0 Å². The van der Waals surface area contributed by atoms with Gasteiger partial charge in [0.25, 0.3) is 0 Å². The molecule has 2 rings (SSSR count). The summed E-state index contributed by atoms with van der Waals surface area (Å²) >= 11 is 0. The predicted octanol–water partition coefficient (Wildman–Crippen LogP) is 2.23. The highest BCUT2D eigenvalue weighted by Crippen LogP contribution is 2.45. The van der Waals surface area contributed by atoms with Crippen LogP contribution in [0.4, 0.5) is 0 Å². The molecule has 0 spiro atoms. The van der Waals surface area contributed by atoms with Gasteiger partial charge in [0.05, 0.1) is 13.2 Å². The van der Waals surface area contributed by atoms with E-state index in [4.69, 9.17) is 10.00 Å². The molecule has 1 aliphatic carbocycles. The summed E-state index contributed by atoms with van der Waals surface area (Å²) in [6.07, 6.45) is 1.35. The Hall–Kier alpha value is -2.02. The van der Waals surface area contributed by atoms with Crippen LogP contribution in [0.2, 0.25) is 0 Å². The molecule has 1 aromatic carbocycles. The number of aryl methyl sites for hydroxylation is 2. The average molecular weight is 258 g/mol. The largest absolute Gasteiger partial charge is 0.496 e. The quantitative estimate of drug-likeness (QED) is 0.900. The molecule has 1 amide bonds. The molecule has 19 heavy (non-hydrogen) atoms. The average Bonchev–Trinajstić information content (AvgIpc) is 3.16. The third kappa shape index (κ3) is 2.55. The first kappa shape index (κ1) is 13.4. The van der Waals surface area contributed by atoms with E-state index >= 15 is 0 Å². The predicted molar refractivity (Wildman–Crippen MR) is 71.6 cm³/mol. The number of hydrogen-bond donors (Lipinski definition) is 1. The van der Waals surface area contributed by atoms with Crippen molar-refractivity contribution in [3.05, 3.63) is 28.8 Å². The van der Waals surface area contributed by atoms with Gasteiger partial charge in [-0.25, -0.2) is 0 Å². The number of amides is 1. The van der Waals surface area contributed by atoms with Gasteiger partial charge in [-0.3, -0.25) is 4.79 Å². The summed E-state index contributed by atoms with van der Waals surface area (Å²) in [4.78, 5) is 11.9. The summed E-state index contributed by atoms with van der Waals surface area (Å²) in [6.45, 7) is 4.41. The lowest BCUT2D eigenvalue weighted by atomic mass is 10.0. The Morgan fingerprint density at radius 2 is 2.00 bits per heavy atom. The van der Waals surface area contributed by atoms with E-state index in [1.165, 1.54) is 0 Å². The molecule has 1 aliphatic rings. The fraction of sp³-hybridized carbons (Fsp3) is 0.467. The molecule has 1 fully saturated rings. The number of ether oxygens (including phenoxy) is 1. The molecule has 0 radical (unpaired) electrons. The molecule has 4 heteroatoms. The summed E-state index contributed by atoms with van der Waals surface area (Å²) in [5.74, 6) is 0.729. The fourth-order valence-corrected chi connectivity index (χ4v) is 2.33. The van der Waals surface area contributed by atoms with E-state index in [2.05, 4.69) is 11.4 Å². The number of nitrogens with one attached hydrogen (secondary N) is 1. The van der Waals surface area contributed by atoms with Crippen LogP contribution in [0.15, 0.2) is 12.1 Å². The summed E-state index contributed by atoms with van der Waals surface area (Å²) in [6, 6.07) is 6.09. The Bertz CT molecular complexity index is 531. The fourth-order valence-electron chi connectivity index (χ4n) is 2.33. The van der Waals surface area contributed by atoms with Gasteiger partial charge in [-0.1, -0.05) is 12.1 Å². The second-order valence-corrected chi connectivity index (χ2v) is 5.14. The van der Waals surface area contributed by atoms with Gasteiger partial charge >= 0.3 is 0 Å². The summed E-state index contributed by atoms with van der Waals surface area (Å²) in [7, 11) is 1.65. The summed E-state index contributed by atoms with van der Waals surface area (Å²) in [5.41, 5.74) is 2.37. The van der Waals surface area contributed by atoms with Crippen molar-refractivity contribution in [1.82, 2.24) is 5.32 Å². The number of hydrogen-bond acceptors (Lipinski definition) is 3. The van der Waals surface area contributed by atoms with Crippen LogP contribution in [-0.2, 0) is 11.3 Å². The molecule has 100 valence electrons. The monoisotopic (exact) mass is 258 g/mol. The van der Waals surface area contributed by atoms with E-state index in [0.717, 1.165) is 22.4 Å². The molecule has 0 atom stereocenters. The number of nitriles is 1. The van der Waals surface area contributed by atoms with Crippen molar-refractivity contribution in [2.75, 3.05) is 7.11 Å². The van der Waals surface area contributed by atoms with E-state index in [0.29, 0.717) is 19.4 Å². The molecule has 0 aromatic heterocycles. The third-order valence-electron chi connectivity index (χ3n) is 3.58. The number of carbonyl (C=O) groups excluding carboxylic acids is 1. The molecule has 1 saturated carbocycles. The van der Waals surface area contributed by atoms with E-state index < -0.39 is 5.41 Å². The molecule has 4 nitrogen and oxygen atoms in total. The zero-order valence-electron chi connectivity index (χ0n) is 11.5. The molecule has 1 aromatic rings. The van der Waals surface area contributed by atoms with Gasteiger partial charge in [0.2, 0.25) is 5.91 Å². The number of rotatable bonds is 4. The molecule has 0 aliphatic heterocycles. The first-order chi connectivity index (χ1) is 9.02. The SMILES string of the molecule is COc1c(C)cc(CNC(=O)C2(C#N)CC2)cc1C. The maximum absolute atomic E-state index is 11.9. The van der Waals surface area contributed by atoms with Gasteiger partial charge in [-0.2, -0.15) is 5.26 Å². The van der Waals surface area contributed by atoms with Gasteiger partial charge in [-0.15, -0.1) is 0 Å². The minimum atomic E-state index is -0.753. The van der Waals surface area contributed by atoms with Crippen molar-refractivity contribution < 1.29 is 9.53 Å². The number of nitrogens with zero attached hydrogens (tertiary/aromatic N) is 1. The van der Waals surface area contributed by atoms with E-state index in [-0.39, 0.29) is 5.91 Å². The Balaban J connectivity index is 2.05. The van der Waals surface area contributed by atoms with Crippen LogP contribution in [0.1, 0.15) is 29.5 Å².